The topological polar surface area (TPSA) is 0 Å². The van der Waals surface area contributed by atoms with E-state index < -0.39 is 0 Å². The third kappa shape index (κ3) is 1.93. The van der Waals surface area contributed by atoms with E-state index in [1.54, 1.807) is 0 Å². The van der Waals surface area contributed by atoms with Crippen LogP contribution in [-0.4, -0.2) is 0 Å². The average molecular weight is 303 g/mol. The molecule has 0 N–H and O–H groups in total. The van der Waals surface area contributed by atoms with E-state index in [2.05, 4.69) is 91.0 Å². The van der Waals surface area contributed by atoms with Crippen LogP contribution in [0.1, 0.15) is 0 Å². The Labute approximate surface area is 141 Å². The van der Waals surface area contributed by atoms with Gasteiger partial charge in [0, 0.05) is 0 Å². The van der Waals surface area contributed by atoms with Gasteiger partial charge in [0.1, 0.15) is 0 Å². The summed E-state index contributed by atoms with van der Waals surface area (Å²) in [5.41, 5.74) is 2.56. The molecule has 0 saturated heterocycles. The van der Waals surface area contributed by atoms with Crippen LogP contribution in [0, 0.1) is 6.07 Å². The number of rotatable bonds is 1. The lowest BCUT2D eigenvalue weighted by Gasteiger charge is -2.13. The largest absolute Gasteiger partial charge is 0.0616 e. The van der Waals surface area contributed by atoms with E-state index in [-0.39, 0.29) is 0 Å². The maximum atomic E-state index is 3.35. The van der Waals surface area contributed by atoms with Gasteiger partial charge in [0.05, 0.1) is 0 Å². The van der Waals surface area contributed by atoms with Gasteiger partial charge < -0.3 is 0 Å². The summed E-state index contributed by atoms with van der Waals surface area (Å²) in [5.74, 6) is 0. The van der Waals surface area contributed by atoms with Crippen molar-refractivity contribution < 1.29 is 0 Å². The van der Waals surface area contributed by atoms with Crippen molar-refractivity contribution in [1.29, 1.82) is 0 Å². The molecule has 0 heteroatoms. The minimum atomic E-state index is 1.16. The quantitative estimate of drug-likeness (QED) is 0.305. The van der Waals surface area contributed by atoms with Crippen LogP contribution < -0.4 is 0 Å². The Morgan fingerprint density at radius 3 is 2.04 bits per heavy atom. The minimum Gasteiger partial charge on any atom is -0.0616 e. The monoisotopic (exact) mass is 303 g/mol. The molecule has 0 aliphatic heterocycles. The van der Waals surface area contributed by atoms with Crippen molar-refractivity contribution >= 4 is 32.3 Å². The van der Waals surface area contributed by atoms with Crippen molar-refractivity contribution in [2.24, 2.45) is 0 Å². The molecule has 5 aromatic rings. The Hall–Kier alpha value is -3.12. The normalized spacial score (nSPS) is 11.3. The molecule has 0 spiro atoms. The molecule has 0 aliphatic carbocycles. The van der Waals surface area contributed by atoms with E-state index in [0.29, 0.717) is 0 Å². The van der Waals surface area contributed by atoms with Gasteiger partial charge in [-0.05, 0) is 55.6 Å². The molecule has 0 aliphatic rings. The van der Waals surface area contributed by atoms with Gasteiger partial charge in [-0.25, -0.2) is 0 Å². The van der Waals surface area contributed by atoms with Gasteiger partial charge in [-0.3, -0.25) is 0 Å². The molecule has 111 valence electrons. The summed E-state index contributed by atoms with van der Waals surface area (Å²) in [6.07, 6.45) is 0. The van der Waals surface area contributed by atoms with E-state index >= 15 is 0 Å². The predicted octanol–water partition coefficient (Wildman–Crippen LogP) is 6.61. The van der Waals surface area contributed by atoms with Crippen LogP contribution in [0.15, 0.2) is 91.0 Å². The second kappa shape index (κ2) is 5.21. The smallest absolute Gasteiger partial charge is 0.00928 e. The van der Waals surface area contributed by atoms with Crippen molar-refractivity contribution in [3.8, 4) is 11.1 Å². The molecular formula is C24H15. The fraction of sp³-hybridized carbons (Fsp3) is 0. The van der Waals surface area contributed by atoms with Crippen molar-refractivity contribution in [2.75, 3.05) is 0 Å². The summed E-state index contributed by atoms with van der Waals surface area (Å²) in [6, 6.07) is 35.7. The Kier molecular flexibility index (Phi) is 2.89. The van der Waals surface area contributed by atoms with Crippen molar-refractivity contribution in [3.63, 3.8) is 0 Å². The highest BCUT2D eigenvalue weighted by Crippen LogP contribution is 2.37. The summed E-state index contributed by atoms with van der Waals surface area (Å²) >= 11 is 0. The average Bonchev–Trinajstić information content (AvgIpc) is 2.67. The SMILES string of the molecule is [c]1ccc(-c2cc3ccccc3c3ccccc23)c2ccccc12. The van der Waals surface area contributed by atoms with Crippen LogP contribution in [0.2, 0.25) is 0 Å². The molecule has 0 atom stereocenters. The van der Waals surface area contributed by atoms with Gasteiger partial charge in [-0.2, -0.15) is 0 Å². The lowest BCUT2D eigenvalue weighted by atomic mass is 9.91. The number of benzene rings is 5. The van der Waals surface area contributed by atoms with E-state index in [1.165, 1.54) is 38.1 Å². The number of fused-ring (bicyclic) bond motifs is 4. The van der Waals surface area contributed by atoms with Crippen LogP contribution in [-0.2, 0) is 0 Å². The zero-order valence-electron chi connectivity index (χ0n) is 13.2. The van der Waals surface area contributed by atoms with Crippen LogP contribution >= 0.6 is 0 Å². The second-order valence-corrected chi connectivity index (χ2v) is 6.13. The summed E-state index contributed by atoms with van der Waals surface area (Å²) < 4.78 is 0. The van der Waals surface area contributed by atoms with E-state index in [1.807, 2.05) is 6.07 Å². The summed E-state index contributed by atoms with van der Waals surface area (Å²) in [7, 11) is 0. The van der Waals surface area contributed by atoms with Crippen LogP contribution in [0.25, 0.3) is 43.4 Å². The van der Waals surface area contributed by atoms with Gasteiger partial charge in [0.15, 0.2) is 0 Å². The number of hydrogen-bond acceptors (Lipinski definition) is 0. The maximum absolute atomic E-state index is 3.35. The molecule has 0 nitrogen and oxygen atoms in total. The lowest BCUT2D eigenvalue weighted by Crippen LogP contribution is -1.86. The first kappa shape index (κ1) is 13.3. The molecule has 5 aromatic carbocycles. The van der Waals surface area contributed by atoms with E-state index in [0.717, 1.165) is 5.39 Å². The molecule has 0 fully saturated rings. The highest BCUT2D eigenvalue weighted by Gasteiger charge is 2.10. The molecule has 1 radical (unpaired) electrons. The molecule has 5 rings (SSSR count). The zero-order valence-corrected chi connectivity index (χ0v) is 13.2. The van der Waals surface area contributed by atoms with Crippen LogP contribution in [0.5, 0.6) is 0 Å². The van der Waals surface area contributed by atoms with Crippen molar-refractivity contribution in [1.82, 2.24) is 0 Å². The Balaban J connectivity index is 1.98. The van der Waals surface area contributed by atoms with Gasteiger partial charge in [-0.1, -0.05) is 84.9 Å². The first-order chi connectivity index (χ1) is 11.9. The maximum Gasteiger partial charge on any atom is -0.00928 e. The van der Waals surface area contributed by atoms with Crippen LogP contribution in [0.3, 0.4) is 0 Å². The van der Waals surface area contributed by atoms with E-state index in [9.17, 15) is 0 Å². The molecule has 0 amide bonds. The molecule has 0 saturated carbocycles. The van der Waals surface area contributed by atoms with Crippen molar-refractivity contribution in [3.05, 3.63) is 97.1 Å². The summed E-state index contributed by atoms with van der Waals surface area (Å²) in [5, 5.41) is 7.61. The molecule has 0 aromatic heterocycles. The molecular weight excluding hydrogens is 288 g/mol. The highest BCUT2D eigenvalue weighted by atomic mass is 14.1. The molecule has 24 heavy (non-hydrogen) atoms. The first-order valence-electron chi connectivity index (χ1n) is 8.22. The van der Waals surface area contributed by atoms with Gasteiger partial charge in [0.2, 0.25) is 0 Å². The molecule has 0 unspecified atom stereocenters. The van der Waals surface area contributed by atoms with Gasteiger partial charge >= 0.3 is 0 Å². The fourth-order valence-electron chi connectivity index (χ4n) is 3.66. The third-order valence-electron chi connectivity index (χ3n) is 4.76. The Morgan fingerprint density at radius 1 is 0.500 bits per heavy atom. The van der Waals surface area contributed by atoms with Gasteiger partial charge in [0.25, 0.3) is 0 Å². The highest BCUT2D eigenvalue weighted by molar-refractivity contribution is 6.16. The van der Waals surface area contributed by atoms with Crippen LogP contribution in [0.4, 0.5) is 0 Å². The fourth-order valence-corrected chi connectivity index (χ4v) is 3.66. The standard InChI is InChI=1S/C24H15/c1-3-11-19-17(8-1)10-7-15-22(19)24-16-18-9-2-4-12-20(18)21-13-5-6-14-23(21)24/h1-9,11-16H. The van der Waals surface area contributed by atoms with E-state index in [4.69, 9.17) is 0 Å². The lowest BCUT2D eigenvalue weighted by molar-refractivity contribution is 1.69. The molecule has 0 bridgehead atoms. The predicted molar refractivity (Wildman–Crippen MR) is 103 cm³/mol. The summed E-state index contributed by atoms with van der Waals surface area (Å²) in [6.45, 7) is 0. The zero-order chi connectivity index (χ0) is 15.9. The Bertz CT molecular complexity index is 1190. The van der Waals surface area contributed by atoms with Gasteiger partial charge in [-0.15, -0.1) is 0 Å². The first-order valence-corrected chi connectivity index (χ1v) is 8.22. The minimum absolute atomic E-state index is 1.16. The third-order valence-corrected chi connectivity index (χ3v) is 4.76. The Morgan fingerprint density at radius 2 is 1.17 bits per heavy atom. The second-order valence-electron chi connectivity index (χ2n) is 6.13. The summed E-state index contributed by atoms with van der Waals surface area (Å²) in [4.78, 5) is 0. The molecule has 0 heterocycles. The van der Waals surface area contributed by atoms with Crippen molar-refractivity contribution in [2.45, 2.75) is 0 Å². The number of hydrogen-bond donors (Lipinski definition) is 0.